The molecule has 10 atom stereocenters. The lowest BCUT2D eigenvalue weighted by Gasteiger charge is -2.72. The van der Waals surface area contributed by atoms with Gasteiger partial charge in [0.15, 0.2) is 0 Å². The van der Waals surface area contributed by atoms with E-state index in [1.54, 1.807) is 6.92 Å². The number of hydrogen-bond acceptors (Lipinski definition) is 4. The molecule has 0 aromatic carbocycles. The van der Waals surface area contributed by atoms with Crippen LogP contribution < -0.4 is 5.32 Å². The highest BCUT2D eigenvalue weighted by Crippen LogP contribution is 2.77. The molecule has 0 aromatic rings. The van der Waals surface area contributed by atoms with Gasteiger partial charge in [0, 0.05) is 25.3 Å². The van der Waals surface area contributed by atoms with Gasteiger partial charge in [-0.1, -0.05) is 53.2 Å². The maximum Gasteiger partial charge on any atom is 0.303 e. The second kappa shape index (κ2) is 11.7. The number of ether oxygens (including phenoxy) is 1. The zero-order valence-electron chi connectivity index (χ0n) is 28.9. The minimum Gasteiger partial charge on any atom is -0.481 e. The van der Waals surface area contributed by atoms with Crippen molar-refractivity contribution in [2.75, 3.05) is 6.54 Å². The van der Waals surface area contributed by atoms with Crippen molar-refractivity contribution in [3.63, 3.8) is 0 Å². The minimum absolute atomic E-state index is 0.00449. The third kappa shape index (κ3) is 5.07. The average molecular weight is 612 g/mol. The number of nitrogens with one attached hydrogen (secondary N) is 1. The fourth-order valence-electron chi connectivity index (χ4n) is 12.9. The van der Waals surface area contributed by atoms with Crippen molar-refractivity contribution in [1.82, 2.24) is 5.32 Å². The van der Waals surface area contributed by atoms with Crippen LogP contribution in [0.4, 0.5) is 0 Å². The zero-order valence-corrected chi connectivity index (χ0v) is 28.9. The topological polar surface area (TPSA) is 92.7 Å². The number of allylic oxidation sites excluding steroid dienone is 1. The number of amides is 1. The van der Waals surface area contributed by atoms with Gasteiger partial charge in [0.1, 0.15) is 6.10 Å². The standard InChI is InChI=1S/C38H61NO5/c1-24(2)26-15-20-38(33(43)39-23-11-9-10-12-31(41)42)22-21-36(7)27(32(26)38)13-14-29-35(6)18-17-30(44-25(3)40)34(4,5)28(35)16-19-37(29,36)8/h26-30,32H,1,9-23H2,2-8H3,(H,39,43)(H,41,42)/t26-,27+,28-,29?,30-,32+,35-,36+,37+,38-/m0/s1. The molecule has 0 spiro atoms. The number of carbonyl (C=O) groups excluding carboxylic acids is 2. The lowest BCUT2D eigenvalue weighted by molar-refractivity contribution is -0.248. The van der Waals surface area contributed by atoms with E-state index in [0.717, 1.165) is 51.4 Å². The fourth-order valence-corrected chi connectivity index (χ4v) is 12.9. The van der Waals surface area contributed by atoms with Gasteiger partial charge in [0.05, 0.1) is 5.41 Å². The van der Waals surface area contributed by atoms with Crippen molar-refractivity contribution >= 4 is 17.8 Å². The summed E-state index contributed by atoms with van der Waals surface area (Å²) in [6, 6.07) is 0. The van der Waals surface area contributed by atoms with E-state index in [4.69, 9.17) is 9.84 Å². The highest BCUT2D eigenvalue weighted by atomic mass is 16.5. The molecule has 5 rings (SSSR count). The first kappa shape index (κ1) is 33.5. The molecule has 5 saturated carbocycles. The second-order valence-corrected chi connectivity index (χ2v) is 17.3. The Morgan fingerprint density at radius 1 is 0.818 bits per heavy atom. The van der Waals surface area contributed by atoms with E-state index in [-0.39, 0.29) is 51.5 Å². The molecule has 6 nitrogen and oxygen atoms in total. The second-order valence-electron chi connectivity index (χ2n) is 17.3. The molecular formula is C38H61NO5. The van der Waals surface area contributed by atoms with Gasteiger partial charge in [0.2, 0.25) is 5.91 Å². The van der Waals surface area contributed by atoms with E-state index in [1.807, 2.05) is 0 Å². The smallest absolute Gasteiger partial charge is 0.303 e. The van der Waals surface area contributed by atoms with Crippen molar-refractivity contribution in [1.29, 1.82) is 0 Å². The van der Waals surface area contributed by atoms with Gasteiger partial charge in [-0.05, 0) is 130 Å². The number of carbonyl (C=O) groups is 3. The first-order valence-electron chi connectivity index (χ1n) is 17.9. The molecule has 0 saturated heterocycles. The molecule has 0 aromatic heterocycles. The quantitative estimate of drug-likeness (QED) is 0.155. The Morgan fingerprint density at radius 3 is 2.20 bits per heavy atom. The van der Waals surface area contributed by atoms with Crippen LogP contribution in [0.1, 0.15) is 138 Å². The molecule has 5 aliphatic carbocycles. The van der Waals surface area contributed by atoms with E-state index < -0.39 is 5.97 Å². The minimum atomic E-state index is -0.748. The van der Waals surface area contributed by atoms with Gasteiger partial charge in [-0.2, -0.15) is 0 Å². The molecule has 44 heavy (non-hydrogen) atoms. The number of esters is 1. The highest BCUT2D eigenvalue weighted by Gasteiger charge is 2.72. The van der Waals surface area contributed by atoms with Crippen molar-refractivity contribution in [3.05, 3.63) is 12.2 Å². The Morgan fingerprint density at radius 2 is 1.55 bits per heavy atom. The lowest BCUT2D eigenvalue weighted by Crippen LogP contribution is -2.67. The predicted molar refractivity (Wildman–Crippen MR) is 174 cm³/mol. The van der Waals surface area contributed by atoms with Gasteiger partial charge < -0.3 is 15.2 Å². The summed E-state index contributed by atoms with van der Waals surface area (Å²) < 4.78 is 5.93. The number of hydrogen-bond donors (Lipinski definition) is 2. The van der Waals surface area contributed by atoms with Crippen LogP contribution in [0.3, 0.4) is 0 Å². The molecule has 0 bridgehead atoms. The van der Waals surface area contributed by atoms with Crippen LogP contribution >= 0.6 is 0 Å². The summed E-state index contributed by atoms with van der Waals surface area (Å²) in [5.74, 6) is 1.75. The number of unbranched alkanes of at least 4 members (excludes halogenated alkanes) is 2. The molecule has 1 unspecified atom stereocenters. The van der Waals surface area contributed by atoms with Crippen LogP contribution in [0, 0.1) is 56.7 Å². The third-order valence-electron chi connectivity index (χ3n) is 15.1. The largest absolute Gasteiger partial charge is 0.481 e. The summed E-state index contributed by atoms with van der Waals surface area (Å²) in [4.78, 5) is 37.1. The van der Waals surface area contributed by atoms with Crippen molar-refractivity contribution in [2.45, 2.75) is 144 Å². The molecule has 5 aliphatic rings. The van der Waals surface area contributed by atoms with Crippen molar-refractivity contribution in [2.24, 2.45) is 56.7 Å². The van der Waals surface area contributed by atoms with Crippen LogP contribution in [0.2, 0.25) is 0 Å². The maximum absolute atomic E-state index is 14.2. The molecule has 5 fully saturated rings. The van der Waals surface area contributed by atoms with Gasteiger partial charge in [-0.25, -0.2) is 0 Å². The number of carboxylic acid groups (broad SMARTS) is 1. The lowest BCUT2D eigenvalue weighted by atomic mass is 9.32. The van der Waals surface area contributed by atoms with E-state index in [0.29, 0.717) is 42.6 Å². The molecule has 1 amide bonds. The summed E-state index contributed by atoms with van der Waals surface area (Å²) in [5, 5.41) is 12.3. The first-order chi connectivity index (χ1) is 20.5. The van der Waals surface area contributed by atoms with Gasteiger partial charge >= 0.3 is 11.9 Å². The number of aliphatic carboxylic acids is 1. The number of fused-ring (bicyclic) bond motifs is 7. The molecule has 0 heterocycles. The van der Waals surface area contributed by atoms with E-state index in [1.165, 1.54) is 31.3 Å². The Kier molecular flexibility index (Phi) is 8.95. The summed E-state index contributed by atoms with van der Waals surface area (Å²) in [5.41, 5.74) is 1.49. The van der Waals surface area contributed by atoms with Crippen LogP contribution in [0.5, 0.6) is 0 Å². The Hall–Kier alpha value is -1.85. The summed E-state index contributed by atoms with van der Waals surface area (Å²) in [6.07, 6.45) is 13.5. The molecule has 0 radical (unpaired) electrons. The summed E-state index contributed by atoms with van der Waals surface area (Å²) >= 11 is 0. The van der Waals surface area contributed by atoms with Crippen LogP contribution in [0.25, 0.3) is 0 Å². The molecule has 2 N–H and O–H groups in total. The number of carboxylic acids is 1. The normalized spacial score (nSPS) is 43.9. The zero-order chi connectivity index (χ0) is 32.3. The summed E-state index contributed by atoms with van der Waals surface area (Å²) in [6.45, 7) is 21.4. The molecular weight excluding hydrogens is 550 g/mol. The predicted octanol–water partition coefficient (Wildman–Crippen LogP) is 8.34. The highest BCUT2D eigenvalue weighted by molar-refractivity contribution is 5.84. The third-order valence-corrected chi connectivity index (χ3v) is 15.1. The van der Waals surface area contributed by atoms with E-state index in [2.05, 4.69) is 53.4 Å². The average Bonchev–Trinajstić information content (AvgIpc) is 3.33. The number of rotatable bonds is 9. The van der Waals surface area contributed by atoms with Crippen molar-refractivity contribution in [3.8, 4) is 0 Å². The van der Waals surface area contributed by atoms with Gasteiger partial charge in [-0.15, -0.1) is 0 Å². The van der Waals surface area contributed by atoms with Crippen LogP contribution in [-0.2, 0) is 19.1 Å². The van der Waals surface area contributed by atoms with Crippen LogP contribution in [-0.4, -0.2) is 35.6 Å². The Labute approximate surface area is 266 Å². The monoisotopic (exact) mass is 611 g/mol. The van der Waals surface area contributed by atoms with E-state index in [9.17, 15) is 14.4 Å². The first-order valence-corrected chi connectivity index (χ1v) is 17.9. The Bertz CT molecular complexity index is 1160. The fraction of sp³-hybridized carbons (Fsp3) is 0.868. The van der Waals surface area contributed by atoms with E-state index >= 15 is 0 Å². The Balaban J connectivity index is 1.40. The molecule has 0 aliphatic heterocycles. The van der Waals surface area contributed by atoms with Crippen LogP contribution in [0.15, 0.2) is 12.2 Å². The van der Waals surface area contributed by atoms with Gasteiger partial charge in [0.25, 0.3) is 0 Å². The summed E-state index contributed by atoms with van der Waals surface area (Å²) in [7, 11) is 0. The SMILES string of the molecule is C=C(C)[C@@H]1CC[C@]2(C(=O)NCCCCCC(=O)O)CC[C@]3(C)[C@H](CCC4[C@@]5(C)CC[C@H](OC(C)=O)C(C)(C)[C@@H]5CC[C@]43C)[C@@H]12. The maximum atomic E-state index is 14.2. The molecule has 6 heteroatoms. The van der Waals surface area contributed by atoms with Crippen molar-refractivity contribution < 1.29 is 24.2 Å². The molecule has 248 valence electrons. The van der Waals surface area contributed by atoms with Gasteiger partial charge in [-0.3, -0.25) is 14.4 Å².